The Hall–Kier alpha value is -3.28. The van der Waals surface area contributed by atoms with Gasteiger partial charge >= 0.3 is 0 Å². The van der Waals surface area contributed by atoms with Crippen LogP contribution in [0.15, 0.2) is 61.2 Å². The number of rotatable bonds is 8. The van der Waals surface area contributed by atoms with Crippen molar-refractivity contribution < 1.29 is 14.3 Å². The number of hydrogen-bond acceptors (Lipinski definition) is 4. The quantitative estimate of drug-likeness (QED) is 0.715. The molecule has 6 heteroatoms. The fraction of sp³-hybridized carbons (Fsp3) is 0.200. The molecule has 2 N–H and O–H groups in total. The summed E-state index contributed by atoms with van der Waals surface area (Å²) < 4.78 is 5.46. The van der Waals surface area contributed by atoms with E-state index in [1.165, 1.54) is 11.8 Å². The molecule has 0 radical (unpaired) electrons. The highest BCUT2D eigenvalue weighted by molar-refractivity contribution is 5.95. The van der Waals surface area contributed by atoms with Gasteiger partial charge in [-0.1, -0.05) is 18.7 Å². The van der Waals surface area contributed by atoms with Crippen molar-refractivity contribution in [3.05, 3.63) is 61.2 Å². The molecule has 0 aromatic heterocycles. The molecule has 2 rings (SSSR count). The molecular weight excluding hydrogens is 330 g/mol. The third-order valence-electron chi connectivity index (χ3n) is 3.67. The Bertz CT molecular complexity index is 772. The van der Waals surface area contributed by atoms with Gasteiger partial charge in [0.1, 0.15) is 12.4 Å². The molecule has 2 aromatic carbocycles. The topological polar surface area (TPSA) is 70.7 Å². The summed E-state index contributed by atoms with van der Waals surface area (Å²) in [6.45, 7) is 5.66. The van der Waals surface area contributed by atoms with E-state index < -0.39 is 0 Å². The van der Waals surface area contributed by atoms with Crippen LogP contribution in [-0.4, -0.2) is 32.0 Å². The van der Waals surface area contributed by atoms with E-state index in [2.05, 4.69) is 17.2 Å². The van der Waals surface area contributed by atoms with E-state index in [4.69, 9.17) is 4.74 Å². The minimum atomic E-state index is -0.171. The Balaban J connectivity index is 1.87. The van der Waals surface area contributed by atoms with Crippen LogP contribution in [0.3, 0.4) is 0 Å². The molecule has 0 aliphatic rings. The van der Waals surface area contributed by atoms with Crippen molar-refractivity contribution in [3.63, 3.8) is 0 Å². The van der Waals surface area contributed by atoms with E-state index in [1.54, 1.807) is 37.4 Å². The highest BCUT2D eigenvalue weighted by Gasteiger charge is 2.07. The smallest absolute Gasteiger partial charge is 0.243 e. The van der Waals surface area contributed by atoms with E-state index in [-0.39, 0.29) is 18.4 Å². The first-order valence-electron chi connectivity index (χ1n) is 8.21. The fourth-order valence-corrected chi connectivity index (χ4v) is 2.19. The van der Waals surface area contributed by atoms with Crippen molar-refractivity contribution in [1.82, 2.24) is 0 Å². The van der Waals surface area contributed by atoms with Crippen molar-refractivity contribution >= 4 is 28.9 Å². The number of ether oxygens (including phenoxy) is 1. The summed E-state index contributed by atoms with van der Waals surface area (Å²) in [5.74, 6) is 0.487. The summed E-state index contributed by atoms with van der Waals surface area (Å²) in [6.07, 6.45) is 1.67. The van der Waals surface area contributed by atoms with Crippen LogP contribution < -0.4 is 20.3 Å². The van der Waals surface area contributed by atoms with Crippen LogP contribution in [-0.2, 0) is 9.59 Å². The average molecular weight is 353 g/mol. The molecule has 2 amide bonds. The van der Waals surface area contributed by atoms with Crippen LogP contribution in [0, 0.1) is 0 Å². The van der Waals surface area contributed by atoms with Crippen LogP contribution in [0.25, 0.3) is 0 Å². The van der Waals surface area contributed by atoms with Gasteiger partial charge in [-0.2, -0.15) is 0 Å². The summed E-state index contributed by atoms with van der Waals surface area (Å²) in [5.41, 5.74) is 2.23. The molecule has 0 unspecified atom stereocenters. The number of nitrogens with one attached hydrogen (secondary N) is 2. The monoisotopic (exact) mass is 353 g/mol. The molecule has 0 heterocycles. The van der Waals surface area contributed by atoms with Crippen molar-refractivity contribution in [2.75, 3.05) is 35.7 Å². The first kappa shape index (κ1) is 19.1. The third-order valence-corrected chi connectivity index (χ3v) is 3.67. The Morgan fingerprint density at radius 3 is 2.54 bits per heavy atom. The zero-order valence-electron chi connectivity index (χ0n) is 15.0. The predicted octanol–water partition coefficient (Wildman–Crippen LogP) is 3.28. The fourth-order valence-electron chi connectivity index (χ4n) is 2.19. The average Bonchev–Trinajstić information content (AvgIpc) is 2.65. The summed E-state index contributed by atoms with van der Waals surface area (Å²) in [6, 6.07) is 14.5. The van der Waals surface area contributed by atoms with E-state index in [0.717, 1.165) is 11.4 Å². The highest BCUT2D eigenvalue weighted by atomic mass is 16.5. The lowest BCUT2D eigenvalue weighted by molar-refractivity contribution is -0.116. The third kappa shape index (κ3) is 5.66. The minimum Gasteiger partial charge on any atom is -0.489 e. The lowest BCUT2D eigenvalue weighted by Gasteiger charge is -2.15. The molecular formula is C20H23N3O3. The second kappa shape index (κ2) is 9.27. The van der Waals surface area contributed by atoms with E-state index in [0.29, 0.717) is 18.0 Å². The Labute approximate surface area is 153 Å². The van der Waals surface area contributed by atoms with E-state index in [1.807, 2.05) is 24.3 Å². The van der Waals surface area contributed by atoms with Gasteiger partial charge in [0.25, 0.3) is 0 Å². The van der Waals surface area contributed by atoms with E-state index >= 15 is 0 Å². The summed E-state index contributed by atoms with van der Waals surface area (Å²) in [5, 5.41) is 5.86. The second-order valence-corrected chi connectivity index (χ2v) is 5.65. The standard InChI is InChI=1S/C20H23N3O3/c1-4-12-26-19-7-5-6-17(13-19)21-14-20(25)22-16-8-10-18(11-9-16)23(3)15(2)24/h4-11,13,21H,1,12,14H2,2-3H3,(H,22,25). The summed E-state index contributed by atoms with van der Waals surface area (Å²) in [4.78, 5) is 25.0. The number of benzene rings is 2. The van der Waals surface area contributed by atoms with Gasteiger partial charge in [-0.25, -0.2) is 0 Å². The molecule has 6 nitrogen and oxygen atoms in total. The molecule has 2 aromatic rings. The normalized spacial score (nSPS) is 9.92. The van der Waals surface area contributed by atoms with Gasteiger partial charge in [-0.05, 0) is 36.4 Å². The van der Waals surface area contributed by atoms with Crippen molar-refractivity contribution in [3.8, 4) is 5.75 Å². The molecule has 0 spiro atoms. The zero-order chi connectivity index (χ0) is 18.9. The number of amides is 2. The van der Waals surface area contributed by atoms with Gasteiger partial charge in [0, 0.05) is 37.1 Å². The lowest BCUT2D eigenvalue weighted by atomic mass is 10.2. The molecule has 0 aliphatic carbocycles. The van der Waals surface area contributed by atoms with E-state index in [9.17, 15) is 9.59 Å². The number of carbonyl (C=O) groups excluding carboxylic acids is 2. The Morgan fingerprint density at radius 1 is 1.15 bits per heavy atom. The van der Waals surface area contributed by atoms with Crippen LogP contribution in [0.5, 0.6) is 5.75 Å². The van der Waals surface area contributed by atoms with Crippen LogP contribution in [0.4, 0.5) is 17.1 Å². The van der Waals surface area contributed by atoms with Crippen molar-refractivity contribution in [1.29, 1.82) is 0 Å². The van der Waals surface area contributed by atoms with Gasteiger partial charge in [0.05, 0.1) is 6.54 Å². The summed E-state index contributed by atoms with van der Waals surface area (Å²) >= 11 is 0. The number of nitrogens with zero attached hydrogens (tertiary/aromatic N) is 1. The Kier molecular flexibility index (Phi) is 6.79. The number of hydrogen-bond donors (Lipinski definition) is 2. The highest BCUT2D eigenvalue weighted by Crippen LogP contribution is 2.18. The van der Waals surface area contributed by atoms with Crippen LogP contribution >= 0.6 is 0 Å². The summed E-state index contributed by atoms with van der Waals surface area (Å²) in [7, 11) is 1.70. The minimum absolute atomic E-state index is 0.0507. The molecule has 0 bridgehead atoms. The van der Waals surface area contributed by atoms with Crippen LogP contribution in [0.1, 0.15) is 6.92 Å². The van der Waals surface area contributed by atoms with Gasteiger partial charge in [0.15, 0.2) is 0 Å². The van der Waals surface area contributed by atoms with Crippen LogP contribution in [0.2, 0.25) is 0 Å². The molecule has 0 saturated carbocycles. The second-order valence-electron chi connectivity index (χ2n) is 5.65. The van der Waals surface area contributed by atoms with Crippen molar-refractivity contribution in [2.45, 2.75) is 6.92 Å². The molecule has 0 fully saturated rings. The van der Waals surface area contributed by atoms with Gasteiger partial charge < -0.3 is 20.3 Å². The maximum atomic E-state index is 12.1. The largest absolute Gasteiger partial charge is 0.489 e. The number of carbonyl (C=O) groups is 2. The predicted molar refractivity (Wildman–Crippen MR) is 105 cm³/mol. The first-order chi connectivity index (χ1) is 12.5. The van der Waals surface area contributed by atoms with Gasteiger partial charge in [-0.3, -0.25) is 9.59 Å². The Morgan fingerprint density at radius 2 is 1.88 bits per heavy atom. The molecule has 0 saturated heterocycles. The van der Waals surface area contributed by atoms with Gasteiger partial charge in [0.2, 0.25) is 11.8 Å². The SMILES string of the molecule is C=CCOc1cccc(NCC(=O)Nc2ccc(N(C)C(C)=O)cc2)c1. The van der Waals surface area contributed by atoms with Crippen molar-refractivity contribution in [2.24, 2.45) is 0 Å². The number of anilines is 3. The molecule has 26 heavy (non-hydrogen) atoms. The van der Waals surface area contributed by atoms with Gasteiger partial charge in [-0.15, -0.1) is 0 Å². The maximum Gasteiger partial charge on any atom is 0.243 e. The lowest BCUT2D eigenvalue weighted by Crippen LogP contribution is -2.23. The molecule has 136 valence electrons. The zero-order valence-corrected chi connectivity index (χ0v) is 15.0. The first-order valence-corrected chi connectivity index (χ1v) is 8.21. The molecule has 0 aliphatic heterocycles. The molecule has 0 atom stereocenters. The maximum absolute atomic E-state index is 12.1.